The molecule has 3 rings (SSSR count). The fourth-order valence-electron chi connectivity index (χ4n) is 4.44. The molecule has 3 N–H and O–H groups in total. The van der Waals surface area contributed by atoms with Crippen LogP contribution < -0.4 is 15.4 Å². The lowest BCUT2D eigenvalue weighted by Gasteiger charge is -2.31. The number of carbonyl (C=O) groups is 3. The molecule has 1 fully saturated rings. The van der Waals surface area contributed by atoms with Crippen LogP contribution in [0.25, 0.3) is 0 Å². The van der Waals surface area contributed by atoms with E-state index in [4.69, 9.17) is 9.47 Å². The molecule has 188 valence electrons. The van der Waals surface area contributed by atoms with Crippen molar-refractivity contribution in [2.24, 2.45) is 0 Å². The number of aliphatic hydroxyl groups excluding tert-OH is 1. The van der Waals surface area contributed by atoms with Crippen LogP contribution in [0.2, 0.25) is 0 Å². The Hall–Kier alpha value is -3.39. The number of carbonyl (C=O) groups excluding carboxylic acids is 3. The first kappa shape index (κ1) is 26.2. The fraction of sp³-hybridized carbons (Fsp3) is 0.444. The van der Waals surface area contributed by atoms with Gasteiger partial charge in [0.1, 0.15) is 5.75 Å². The van der Waals surface area contributed by atoms with Crippen LogP contribution in [0.4, 0.5) is 5.69 Å². The van der Waals surface area contributed by atoms with Crippen molar-refractivity contribution in [1.82, 2.24) is 5.32 Å². The summed E-state index contributed by atoms with van der Waals surface area (Å²) >= 11 is 0. The van der Waals surface area contributed by atoms with Crippen molar-refractivity contribution in [3.8, 4) is 5.75 Å². The molecule has 1 aliphatic rings. The number of aryl methyl sites for hydroxylation is 2. The van der Waals surface area contributed by atoms with Gasteiger partial charge < -0.3 is 25.2 Å². The second kappa shape index (κ2) is 11.4. The maximum Gasteiger partial charge on any atom is 0.331 e. The number of ether oxygens (including phenoxy) is 2. The van der Waals surface area contributed by atoms with Crippen LogP contribution in [0.3, 0.4) is 0 Å². The molecule has 2 aromatic carbocycles. The number of methoxy groups -OCH3 is 1. The predicted molar refractivity (Wildman–Crippen MR) is 132 cm³/mol. The van der Waals surface area contributed by atoms with Gasteiger partial charge in [0.15, 0.2) is 11.6 Å². The summed E-state index contributed by atoms with van der Waals surface area (Å²) in [5.74, 6) is -0.803. The second-order valence-corrected chi connectivity index (χ2v) is 9.26. The first-order valence-electron chi connectivity index (χ1n) is 11.8. The SMILES string of the molecule is COC(=O)[C@@H](NC(=O)C1(Oc2ccc(CC(=O)Nc3cc(C)cc(C)c3)cc2)CCCC1)C(C)O. The van der Waals surface area contributed by atoms with Crippen molar-refractivity contribution >= 4 is 23.5 Å². The number of rotatable bonds is 9. The number of anilines is 1. The topological polar surface area (TPSA) is 114 Å². The first-order chi connectivity index (χ1) is 16.6. The highest BCUT2D eigenvalue weighted by Gasteiger charge is 2.45. The van der Waals surface area contributed by atoms with Gasteiger partial charge in [0.05, 0.1) is 19.6 Å². The van der Waals surface area contributed by atoms with E-state index < -0.39 is 29.6 Å². The van der Waals surface area contributed by atoms with E-state index in [0.717, 1.165) is 35.2 Å². The summed E-state index contributed by atoms with van der Waals surface area (Å²) in [5, 5.41) is 15.4. The van der Waals surface area contributed by atoms with Gasteiger partial charge in [-0.2, -0.15) is 0 Å². The van der Waals surface area contributed by atoms with Crippen LogP contribution in [0.15, 0.2) is 42.5 Å². The Balaban J connectivity index is 1.65. The molecule has 1 aliphatic carbocycles. The molecule has 2 amide bonds. The Labute approximate surface area is 206 Å². The molecule has 1 saturated carbocycles. The van der Waals surface area contributed by atoms with Gasteiger partial charge in [-0.15, -0.1) is 0 Å². The highest BCUT2D eigenvalue weighted by Crippen LogP contribution is 2.35. The molecule has 0 radical (unpaired) electrons. The Bertz CT molecular complexity index is 1040. The van der Waals surface area contributed by atoms with E-state index in [1.807, 2.05) is 32.0 Å². The lowest BCUT2D eigenvalue weighted by atomic mass is 9.99. The normalized spacial score (nSPS) is 16.1. The third kappa shape index (κ3) is 6.82. The van der Waals surface area contributed by atoms with Crippen LogP contribution in [0, 0.1) is 13.8 Å². The quantitative estimate of drug-likeness (QED) is 0.473. The smallest absolute Gasteiger partial charge is 0.331 e. The summed E-state index contributed by atoms with van der Waals surface area (Å²) in [6.45, 7) is 5.39. The zero-order valence-electron chi connectivity index (χ0n) is 20.7. The van der Waals surface area contributed by atoms with Gasteiger partial charge in [0.2, 0.25) is 5.91 Å². The molecular formula is C27H34N2O6. The third-order valence-corrected chi connectivity index (χ3v) is 6.16. The van der Waals surface area contributed by atoms with Crippen LogP contribution in [0.5, 0.6) is 5.75 Å². The molecule has 0 bridgehead atoms. The molecule has 2 atom stereocenters. The third-order valence-electron chi connectivity index (χ3n) is 6.16. The van der Waals surface area contributed by atoms with Crippen LogP contribution in [-0.4, -0.2) is 47.7 Å². The first-order valence-corrected chi connectivity index (χ1v) is 11.8. The van der Waals surface area contributed by atoms with Crippen LogP contribution >= 0.6 is 0 Å². The van der Waals surface area contributed by atoms with Gasteiger partial charge in [-0.1, -0.05) is 18.2 Å². The monoisotopic (exact) mass is 482 g/mol. The predicted octanol–water partition coefficient (Wildman–Crippen LogP) is 3.21. The number of hydrogen-bond acceptors (Lipinski definition) is 6. The maximum absolute atomic E-state index is 13.1. The molecule has 35 heavy (non-hydrogen) atoms. The van der Waals surface area contributed by atoms with Gasteiger partial charge in [-0.3, -0.25) is 9.59 Å². The number of benzene rings is 2. The van der Waals surface area contributed by atoms with E-state index in [-0.39, 0.29) is 12.3 Å². The van der Waals surface area contributed by atoms with E-state index in [0.29, 0.717) is 18.6 Å². The largest absolute Gasteiger partial charge is 0.477 e. The van der Waals surface area contributed by atoms with Crippen molar-refractivity contribution in [2.45, 2.75) is 70.6 Å². The van der Waals surface area contributed by atoms with E-state index in [1.165, 1.54) is 14.0 Å². The van der Waals surface area contributed by atoms with Crippen LogP contribution in [-0.2, 0) is 25.5 Å². The molecule has 0 heterocycles. The van der Waals surface area contributed by atoms with Gasteiger partial charge in [-0.25, -0.2) is 4.79 Å². The lowest BCUT2D eigenvalue weighted by molar-refractivity contribution is -0.151. The Morgan fingerprint density at radius 2 is 1.63 bits per heavy atom. The van der Waals surface area contributed by atoms with Crippen molar-refractivity contribution in [2.75, 3.05) is 12.4 Å². The van der Waals surface area contributed by atoms with Gasteiger partial charge >= 0.3 is 5.97 Å². The summed E-state index contributed by atoms with van der Waals surface area (Å²) in [6, 6.07) is 11.8. The van der Waals surface area contributed by atoms with Crippen molar-refractivity contribution in [3.63, 3.8) is 0 Å². The van der Waals surface area contributed by atoms with Crippen molar-refractivity contribution < 1.29 is 29.0 Å². The summed E-state index contributed by atoms with van der Waals surface area (Å²) in [5.41, 5.74) is 2.60. The number of hydrogen-bond donors (Lipinski definition) is 3. The van der Waals surface area contributed by atoms with Crippen LogP contribution in [0.1, 0.15) is 49.3 Å². The molecular weight excluding hydrogens is 448 g/mol. The minimum absolute atomic E-state index is 0.123. The molecule has 8 nitrogen and oxygen atoms in total. The van der Waals surface area contributed by atoms with Gasteiger partial charge in [0.25, 0.3) is 5.91 Å². The van der Waals surface area contributed by atoms with Crippen molar-refractivity contribution in [1.29, 1.82) is 0 Å². The second-order valence-electron chi connectivity index (χ2n) is 9.26. The minimum Gasteiger partial charge on any atom is -0.477 e. The minimum atomic E-state index is -1.17. The van der Waals surface area contributed by atoms with Gasteiger partial charge in [-0.05, 0) is 87.4 Å². The zero-order valence-corrected chi connectivity index (χ0v) is 20.7. The number of nitrogens with one attached hydrogen (secondary N) is 2. The van der Waals surface area contributed by atoms with Crippen molar-refractivity contribution in [3.05, 3.63) is 59.2 Å². The highest BCUT2D eigenvalue weighted by molar-refractivity contribution is 5.92. The maximum atomic E-state index is 13.1. The molecule has 0 aliphatic heterocycles. The number of aliphatic hydroxyl groups is 1. The zero-order chi connectivity index (χ0) is 25.6. The average molecular weight is 483 g/mol. The lowest BCUT2D eigenvalue weighted by Crippen LogP contribution is -2.57. The molecule has 0 aromatic heterocycles. The summed E-state index contributed by atoms with van der Waals surface area (Å²) < 4.78 is 10.8. The summed E-state index contributed by atoms with van der Waals surface area (Å²) in [7, 11) is 1.20. The average Bonchev–Trinajstić information content (AvgIpc) is 3.27. The highest BCUT2D eigenvalue weighted by atomic mass is 16.5. The molecule has 8 heteroatoms. The summed E-state index contributed by atoms with van der Waals surface area (Å²) in [4.78, 5) is 37.6. The standard InChI is InChI=1S/C27H34N2O6/c1-17-13-18(2)15-21(14-17)28-23(31)16-20-7-9-22(10-8-20)35-27(11-5-6-12-27)26(33)29-24(19(3)30)25(32)34-4/h7-10,13-15,19,24,30H,5-6,11-12,16H2,1-4H3,(H,28,31)(H,29,33)/t19?,24-/m0/s1. The Morgan fingerprint density at radius 3 is 2.17 bits per heavy atom. The molecule has 0 saturated heterocycles. The molecule has 0 spiro atoms. The number of amides is 2. The fourth-order valence-corrected chi connectivity index (χ4v) is 4.44. The van der Waals surface area contributed by atoms with E-state index in [2.05, 4.69) is 10.6 Å². The Kier molecular flexibility index (Phi) is 8.51. The molecule has 2 aromatic rings. The van der Waals surface area contributed by atoms with E-state index in [9.17, 15) is 19.5 Å². The van der Waals surface area contributed by atoms with E-state index >= 15 is 0 Å². The summed E-state index contributed by atoms with van der Waals surface area (Å²) in [6.07, 6.45) is 1.69. The molecule has 1 unspecified atom stereocenters. The van der Waals surface area contributed by atoms with E-state index in [1.54, 1.807) is 24.3 Å². The van der Waals surface area contributed by atoms with Gasteiger partial charge in [0, 0.05) is 5.69 Å². The number of esters is 1. The Morgan fingerprint density at radius 1 is 1.03 bits per heavy atom.